The summed E-state index contributed by atoms with van der Waals surface area (Å²) >= 11 is 0. The van der Waals surface area contributed by atoms with Gasteiger partial charge in [0.2, 0.25) is 11.8 Å². The van der Waals surface area contributed by atoms with Crippen molar-refractivity contribution in [3.63, 3.8) is 0 Å². The molecule has 3 heterocycles. The van der Waals surface area contributed by atoms with Crippen molar-refractivity contribution in [3.8, 4) is 5.75 Å². The standard InChI is InChI=1S/C34H39N5O4.2ClH/c1-5-39-29-14-13-26(22-30(29)37(4)32(41)34(2,3)33(39)42)43-21-9-18-36-28(25-11-8-17-35-23-25)16-20-38-19-15-24-10-6-7-12-27(24)31(38)40;;/h6-8,10-15,17,19,22-23,28,36H,5,9,16,18,20-21H2,1-4H3;2*1H. The van der Waals surface area contributed by atoms with Gasteiger partial charge >= 0.3 is 0 Å². The quantitative estimate of drug-likeness (QED) is 0.163. The molecule has 5 rings (SSSR count). The fourth-order valence-corrected chi connectivity index (χ4v) is 5.65. The summed E-state index contributed by atoms with van der Waals surface area (Å²) in [6.07, 6.45) is 6.94. The largest absolute Gasteiger partial charge is 0.493 e. The second kappa shape index (κ2) is 15.4. The molecular weight excluding hydrogens is 613 g/mol. The van der Waals surface area contributed by atoms with E-state index in [0.717, 1.165) is 29.2 Å². The number of aromatic nitrogens is 2. The van der Waals surface area contributed by atoms with Gasteiger partial charge in [-0.15, -0.1) is 24.8 Å². The Bertz CT molecular complexity index is 1680. The molecule has 0 spiro atoms. The van der Waals surface area contributed by atoms with Crippen LogP contribution in [0.4, 0.5) is 11.4 Å². The van der Waals surface area contributed by atoms with Crippen molar-refractivity contribution in [2.75, 3.05) is 36.5 Å². The zero-order valence-electron chi connectivity index (χ0n) is 26.1. The highest BCUT2D eigenvalue weighted by Crippen LogP contribution is 2.40. The summed E-state index contributed by atoms with van der Waals surface area (Å²) in [6.45, 7) is 7.46. The Morgan fingerprint density at radius 3 is 2.47 bits per heavy atom. The maximum absolute atomic E-state index is 13.1. The first-order valence-electron chi connectivity index (χ1n) is 14.8. The molecule has 45 heavy (non-hydrogen) atoms. The number of halogens is 2. The van der Waals surface area contributed by atoms with Crippen molar-refractivity contribution in [2.45, 2.75) is 46.2 Å². The third-order valence-electron chi connectivity index (χ3n) is 8.15. The molecule has 0 fully saturated rings. The van der Waals surface area contributed by atoms with E-state index in [1.807, 2.05) is 80.0 Å². The van der Waals surface area contributed by atoms with Gasteiger partial charge in [0.1, 0.15) is 11.2 Å². The molecule has 11 heteroatoms. The number of benzene rings is 2. The van der Waals surface area contributed by atoms with E-state index < -0.39 is 5.41 Å². The second-order valence-electron chi connectivity index (χ2n) is 11.4. The third-order valence-corrected chi connectivity index (χ3v) is 8.15. The summed E-state index contributed by atoms with van der Waals surface area (Å²) in [6, 6.07) is 19.1. The van der Waals surface area contributed by atoms with Gasteiger partial charge in [-0.2, -0.15) is 0 Å². The lowest BCUT2D eigenvalue weighted by molar-refractivity contribution is -0.137. The molecule has 1 atom stereocenters. The highest BCUT2D eigenvalue weighted by molar-refractivity contribution is 6.20. The van der Waals surface area contributed by atoms with Crippen molar-refractivity contribution in [1.82, 2.24) is 14.9 Å². The van der Waals surface area contributed by atoms with Crippen LogP contribution in [-0.4, -0.2) is 48.1 Å². The van der Waals surface area contributed by atoms with E-state index in [1.54, 1.807) is 41.5 Å². The van der Waals surface area contributed by atoms with Crippen LogP contribution in [-0.2, 0) is 16.1 Å². The van der Waals surface area contributed by atoms with Gasteiger partial charge in [-0.1, -0.05) is 24.3 Å². The number of hydrogen-bond donors (Lipinski definition) is 1. The van der Waals surface area contributed by atoms with Crippen LogP contribution in [0, 0.1) is 5.41 Å². The molecule has 1 unspecified atom stereocenters. The van der Waals surface area contributed by atoms with E-state index in [0.29, 0.717) is 43.4 Å². The molecule has 2 aromatic heterocycles. The number of carbonyl (C=O) groups is 2. The molecule has 1 aliphatic heterocycles. The molecule has 0 radical (unpaired) electrons. The number of nitrogens with one attached hydrogen (secondary N) is 1. The first kappa shape index (κ1) is 35.6. The van der Waals surface area contributed by atoms with Gasteiger partial charge in [0.25, 0.3) is 5.56 Å². The molecule has 0 saturated carbocycles. The van der Waals surface area contributed by atoms with Crippen LogP contribution < -0.4 is 25.4 Å². The first-order chi connectivity index (χ1) is 20.7. The Labute approximate surface area is 276 Å². The summed E-state index contributed by atoms with van der Waals surface area (Å²) in [5.41, 5.74) is 1.28. The molecular formula is C34H41Cl2N5O4. The zero-order chi connectivity index (χ0) is 30.6. The molecule has 4 aromatic rings. The molecule has 1 aliphatic rings. The lowest BCUT2D eigenvalue weighted by Gasteiger charge is -2.27. The summed E-state index contributed by atoms with van der Waals surface area (Å²) in [5, 5.41) is 5.28. The third kappa shape index (κ3) is 7.49. The van der Waals surface area contributed by atoms with E-state index >= 15 is 0 Å². The van der Waals surface area contributed by atoms with Crippen LogP contribution in [0.3, 0.4) is 0 Å². The van der Waals surface area contributed by atoms with Crippen molar-refractivity contribution >= 4 is 58.8 Å². The number of hydrogen-bond acceptors (Lipinski definition) is 6. The van der Waals surface area contributed by atoms with Crippen molar-refractivity contribution in [3.05, 3.63) is 95.2 Å². The number of carbonyl (C=O) groups excluding carboxylic acids is 2. The van der Waals surface area contributed by atoms with Crippen LogP contribution in [0.5, 0.6) is 5.75 Å². The van der Waals surface area contributed by atoms with Crippen molar-refractivity contribution in [2.24, 2.45) is 5.41 Å². The van der Waals surface area contributed by atoms with Gasteiger partial charge in [0.05, 0.1) is 18.0 Å². The van der Waals surface area contributed by atoms with E-state index in [1.165, 1.54) is 0 Å². The fourth-order valence-electron chi connectivity index (χ4n) is 5.65. The highest BCUT2D eigenvalue weighted by atomic mass is 35.5. The monoisotopic (exact) mass is 653 g/mol. The van der Waals surface area contributed by atoms with Gasteiger partial charge in [-0.05, 0) is 81.4 Å². The van der Waals surface area contributed by atoms with Crippen LogP contribution in [0.1, 0.15) is 45.2 Å². The van der Waals surface area contributed by atoms with Crippen molar-refractivity contribution < 1.29 is 14.3 Å². The number of aryl methyl sites for hydroxylation is 1. The molecule has 2 amide bonds. The van der Waals surface area contributed by atoms with Crippen LogP contribution in [0.2, 0.25) is 0 Å². The minimum atomic E-state index is -1.15. The van der Waals surface area contributed by atoms with Crippen LogP contribution >= 0.6 is 24.8 Å². The number of nitrogens with zero attached hydrogens (tertiary/aromatic N) is 4. The Hall–Kier alpha value is -3.92. The Balaban J connectivity index is 0.00000276. The lowest BCUT2D eigenvalue weighted by atomic mass is 9.90. The van der Waals surface area contributed by atoms with E-state index in [2.05, 4.69) is 10.3 Å². The summed E-state index contributed by atoms with van der Waals surface area (Å²) in [7, 11) is 1.70. The molecule has 0 aliphatic carbocycles. The van der Waals surface area contributed by atoms with Gasteiger partial charge in [0.15, 0.2) is 0 Å². The van der Waals surface area contributed by atoms with Gasteiger partial charge in [0, 0.05) is 56.2 Å². The molecule has 1 N–H and O–H groups in total. The normalized spacial score (nSPS) is 14.7. The van der Waals surface area contributed by atoms with Crippen molar-refractivity contribution in [1.29, 1.82) is 0 Å². The van der Waals surface area contributed by atoms with Gasteiger partial charge in [-0.25, -0.2) is 0 Å². The SMILES string of the molecule is CCN1C(=O)C(C)(C)C(=O)N(C)c2cc(OCCCNC(CCn3ccc4ccccc4c3=O)c3cccnc3)ccc21.Cl.Cl. The number of anilines is 2. The molecule has 9 nitrogen and oxygen atoms in total. The van der Waals surface area contributed by atoms with Gasteiger partial charge in [-0.3, -0.25) is 19.4 Å². The Kier molecular flexibility index (Phi) is 12.2. The first-order valence-corrected chi connectivity index (χ1v) is 14.8. The lowest BCUT2D eigenvalue weighted by Crippen LogP contribution is -2.47. The number of pyridine rings is 2. The average molecular weight is 655 g/mol. The summed E-state index contributed by atoms with van der Waals surface area (Å²) in [5.74, 6) is 0.184. The van der Waals surface area contributed by atoms with Crippen LogP contribution in [0.15, 0.2) is 84.0 Å². The minimum Gasteiger partial charge on any atom is -0.493 e. The summed E-state index contributed by atoms with van der Waals surface area (Å²) < 4.78 is 7.85. The fraction of sp³-hybridized carbons (Fsp3) is 0.353. The minimum absolute atomic E-state index is 0. The maximum atomic E-state index is 13.1. The summed E-state index contributed by atoms with van der Waals surface area (Å²) in [4.78, 5) is 46.8. The van der Waals surface area contributed by atoms with Gasteiger partial charge < -0.3 is 24.4 Å². The molecule has 2 aromatic carbocycles. The smallest absolute Gasteiger partial charge is 0.258 e. The van der Waals surface area contributed by atoms with Crippen LogP contribution in [0.25, 0.3) is 10.8 Å². The Morgan fingerprint density at radius 1 is 0.956 bits per heavy atom. The van der Waals surface area contributed by atoms with E-state index in [-0.39, 0.29) is 48.2 Å². The number of amides is 2. The molecule has 240 valence electrons. The number of rotatable bonds is 11. The predicted octanol–water partition coefficient (Wildman–Crippen LogP) is 5.79. The Morgan fingerprint density at radius 2 is 1.73 bits per heavy atom. The topological polar surface area (TPSA) is 96.8 Å². The number of ether oxygens (including phenoxy) is 1. The molecule has 0 saturated heterocycles. The predicted molar refractivity (Wildman–Crippen MR) is 184 cm³/mol. The average Bonchev–Trinajstić information content (AvgIpc) is 3.08. The maximum Gasteiger partial charge on any atom is 0.258 e. The molecule has 0 bridgehead atoms. The van der Waals surface area contributed by atoms with E-state index in [4.69, 9.17) is 4.74 Å². The highest BCUT2D eigenvalue weighted by Gasteiger charge is 2.45. The second-order valence-corrected chi connectivity index (χ2v) is 11.4. The zero-order valence-corrected chi connectivity index (χ0v) is 27.7. The number of fused-ring (bicyclic) bond motifs is 2. The van der Waals surface area contributed by atoms with E-state index in [9.17, 15) is 14.4 Å².